The van der Waals surface area contributed by atoms with Gasteiger partial charge in [0.05, 0.1) is 6.21 Å². The molecule has 0 aliphatic carbocycles. The van der Waals surface area contributed by atoms with Crippen molar-refractivity contribution in [1.82, 2.24) is 5.43 Å². The van der Waals surface area contributed by atoms with Gasteiger partial charge in [-0.3, -0.25) is 9.59 Å². The summed E-state index contributed by atoms with van der Waals surface area (Å²) in [4.78, 5) is 24.0. The number of benzene rings is 3. The van der Waals surface area contributed by atoms with Crippen LogP contribution in [0, 0.1) is 6.92 Å². The van der Waals surface area contributed by atoms with Crippen LogP contribution in [0.3, 0.4) is 0 Å². The molecule has 6 nitrogen and oxygen atoms in total. The molecule has 0 fully saturated rings. The molecule has 0 aliphatic rings. The largest absolute Gasteiger partial charge is 0.507 e. The van der Waals surface area contributed by atoms with E-state index in [2.05, 4.69) is 15.8 Å². The van der Waals surface area contributed by atoms with Crippen LogP contribution in [0.1, 0.15) is 24.0 Å². The minimum absolute atomic E-state index is 0.00677. The molecule has 0 radical (unpaired) electrons. The van der Waals surface area contributed by atoms with Crippen LogP contribution in [0.15, 0.2) is 59.7 Å². The number of hydrogen-bond donors (Lipinski definition) is 3. The van der Waals surface area contributed by atoms with Crippen LogP contribution in [-0.4, -0.2) is 23.1 Å². The van der Waals surface area contributed by atoms with Crippen LogP contribution in [0.25, 0.3) is 10.8 Å². The molecule has 3 N–H and O–H groups in total. The van der Waals surface area contributed by atoms with Crippen LogP contribution in [0.4, 0.5) is 5.69 Å². The van der Waals surface area contributed by atoms with Gasteiger partial charge in [-0.2, -0.15) is 5.10 Å². The van der Waals surface area contributed by atoms with E-state index in [1.807, 2.05) is 31.2 Å². The third-order valence-corrected chi connectivity index (χ3v) is 4.86. The van der Waals surface area contributed by atoms with Crippen LogP contribution < -0.4 is 10.7 Å². The molecule has 29 heavy (non-hydrogen) atoms. The van der Waals surface area contributed by atoms with Crippen molar-refractivity contribution in [1.29, 1.82) is 0 Å². The summed E-state index contributed by atoms with van der Waals surface area (Å²) in [5, 5.41) is 19.0. The monoisotopic (exact) mass is 409 g/mol. The van der Waals surface area contributed by atoms with Gasteiger partial charge in [0.15, 0.2) is 0 Å². The Morgan fingerprint density at radius 1 is 1.03 bits per heavy atom. The molecular formula is C22H20ClN3O3. The minimum Gasteiger partial charge on any atom is -0.507 e. The maximum Gasteiger partial charge on any atom is 0.240 e. The van der Waals surface area contributed by atoms with E-state index in [-0.39, 0.29) is 24.5 Å². The summed E-state index contributed by atoms with van der Waals surface area (Å²) < 4.78 is 0. The lowest BCUT2D eigenvalue weighted by molar-refractivity contribution is -0.124. The molecule has 3 aromatic carbocycles. The first-order valence-corrected chi connectivity index (χ1v) is 9.41. The van der Waals surface area contributed by atoms with Crippen molar-refractivity contribution in [2.75, 3.05) is 5.32 Å². The zero-order valence-corrected chi connectivity index (χ0v) is 16.5. The summed E-state index contributed by atoms with van der Waals surface area (Å²) in [6.07, 6.45) is 1.38. The summed E-state index contributed by atoms with van der Waals surface area (Å²) in [7, 11) is 0. The van der Waals surface area contributed by atoms with Crippen LogP contribution in [0.2, 0.25) is 5.02 Å². The number of rotatable bonds is 6. The SMILES string of the molecule is Cc1c(Cl)cccc1NC(=O)CCC(=O)N/N=C\c1c(O)ccc2ccccc12. The van der Waals surface area contributed by atoms with Crippen molar-refractivity contribution >= 4 is 46.1 Å². The molecule has 0 unspecified atom stereocenters. The number of phenolic OH excluding ortho intramolecular Hbond substituents is 1. The highest BCUT2D eigenvalue weighted by Gasteiger charge is 2.10. The van der Waals surface area contributed by atoms with Gasteiger partial charge in [-0.1, -0.05) is 48.0 Å². The van der Waals surface area contributed by atoms with Gasteiger partial charge < -0.3 is 10.4 Å². The van der Waals surface area contributed by atoms with E-state index >= 15 is 0 Å². The number of carbonyl (C=O) groups excluding carboxylic acids is 2. The number of hydrogen-bond acceptors (Lipinski definition) is 4. The van der Waals surface area contributed by atoms with Gasteiger partial charge in [0.25, 0.3) is 0 Å². The van der Waals surface area contributed by atoms with Crippen LogP contribution >= 0.6 is 11.6 Å². The molecule has 0 spiro atoms. The molecule has 3 aromatic rings. The molecule has 148 valence electrons. The van der Waals surface area contributed by atoms with E-state index in [9.17, 15) is 14.7 Å². The molecule has 0 saturated carbocycles. The standard InChI is InChI=1S/C22H20ClN3O3/c1-14-18(23)7-4-8-19(14)25-21(28)11-12-22(29)26-24-13-17-16-6-3-2-5-15(16)9-10-20(17)27/h2-10,13,27H,11-12H2,1H3,(H,25,28)(H,26,29)/b24-13-. The van der Waals surface area contributed by atoms with Gasteiger partial charge in [-0.05, 0) is 41.5 Å². The second-order valence-electron chi connectivity index (χ2n) is 6.47. The number of nitrogens with one attached hydrogen (secondary N) is 2. The maximum absolute atomic E-state index is 12.1. The fourth-order valence-electron chi connectivity index (χ4n) is 2.83. The Hall–Kier alpha value is -3.38. The highest BCUT2D eigenvalue weighted by atomic mass is 35.5. The number of amides is 2. The smallest absolute Gasteiger partial charge is 0.240 e. The number of aromatic hydroxyl groups is 1. The second-order valence-corrected chi connectivity index (χ2v) is 6.88. The molecule has 0 saturated heterocycles. The van der Waals surface area contributed by atoms with Gasteiger partial charge in [0.1, 0.15) is 5.75 Å². The topological polar surface area (TPSA) is 90.8 Å². The van der Waals surface area contributed by atoms with Gasteiger partial charge in [-0.25, -0.2) is 5.43 Å². The number of anilines is 1. The van der Waals surface area contributed by atoms with Crippen molar-refractivity contribution in [2.45, 2.75) is 19.8 Å². The lowest BCUT2D eigenvalue weighted by atomic mass is 10.0. The third-order valence-electron chi connectivity index (χ3n) is 4.45. The Morgan fingerprint density at radius 3 is 2.62 bits per heavy atom. The first-order chi connectivity index (χ1) is 14.0. The molecule has 0 aliphatic heterocycles. The van der Waals surface area contributed by atoms with Crippen molar-refractivity contribution in [3.63, 3.8) is 0 Å². The average molecular weight is 410 g/mol. The fraction of sp³-hybridized carbons (Fsp3) is 0.136. The summed E-state index contributed by atoms with van der Waals surface area (Å²) in [5.41, 5.74) is 4.28. The molecule has 2 amide bonds. The molecule has 0 atom stereocenters. The maximum atomic E-state index is 12.1. The van der Waals surface area contributed by atoms with Crippen LogP contribution in [-0.2, 0) is 9.59 Å². The van der Waals surface area contributed by atoms with Crippen molar-refractivity contribution in [3.05, 3.63) is 70.7 Å². The Labute approximate surface area is 173 Å². The van der Waals surface area contributed by atoms with Gasteiger partial charge in [0.2, 0.25) is 11.8 Å². The predicted octanol–water partition coefficient (Wildman–Crippen LogP) is 4.38. The number of nitrogens with zero attached hydrogens (tertiary/aromatic N) is 1. The third kappa shape index (κ3) is 5.12. The number of halogens is 1. The zero-order chi connectivity index (χ0) is 20.8. The number of fused-ring (bicyclic) bond motifs is 1. The van der Waals surface area contributed by atoms with Crippen molar-refractivity contribution < 1.29 is 14.7 Å². The molecule has 0 bridgehead atoms. The van der Waals surface area contributed by atoms with Gasteiger partial charge in [-0.15, -0.1) is 0 Å². The van der Waals surface area contributed by atoms with E-state index in [1.165, 1.54) is 6.21 Å². The Balaban J connectivity index is 1.55. The molecule has 7 heteroatoms. The minimum atomic E-state index is -0.404. The molecule has 0 aromatic heterocycles. The summed E-state index contributed by atoms with van der Waals surface area (Å²) in [6, 6.07) is 16.2. The number of hydrazone groups is 1. The van der Waals surface area contributed by atoms with E-state index in [4.69, 9.17) is 11.6 Å². The molecule has 0 heterocycles. The number of carbonyl (C=O) groups is 2. The zero-order valence-electron chi connectivity index (χ0n) is 15.8. The van der Waals surface area contributed by atoms with E-state index in [1.54, 1.807) is 30.3 Å². The second kappa shape index (κ2) is 9.21. The summed E-state index contributed by atoms with van der Waals surface area (Å²) in [5.74, 6) is -0.627. The quantitative estimate of drug-likeness (QED) is 0.417. The summed E-state index contributed by atoms with van der Waals surface area (Å²) >= 11 is 6.03. The predicted molar refractivity (Wildman–Crippen MR) is 115 cm³/mol. The summed E-state index contributed by atoms with van der Waals surface area (Å²) in [6.45, 7) is 1.81. The van der Waals surface area contributed by atoms with Crippen molar-refractivity contribution in [3.8, 4) is 5.75 Å². The highest BCUT2D eigenvalue weighted by Crippen LogP contribution is 2.25. The normalized spacial score (nSPS) is 11.0. The van der Waals surface area contributed by atoms with Crippen molar-refractivity contribution in [2.24, 2.45) is 5.10 Å². The van der Waals surface area contributed by atoms with Gasteiger partial charge in [0, 0.05) is 29.1 Å². The lowest BCUT2D eigenvalue weighted by Crippen LogP contribution is -2.21. The first-order valence-electron chi connectivity index (χ1n) is 9.03. The molecule has 3 rings (SSSR count). The Kier molecular flexibility index (Phi) is 6.46. The first kappa shape index (κ1) is 20.4. The highest BCUT2D eigenvalue weighted by molar-refractivity contribution is 6.31. The lowest BCUT2D eigenvalue weighted by Gasteiger charge is -2.09. The van der Waals surface area contributed by atoms with E-state index in [0.717, 1.165) is 16.3 Å². The van der Waals surface area contributed by atoms with Gasteiger partial charge >= 0.3 is 0 Å². The Morgan fingerprint density at radius 2 is 1.79 bits per heavy atom. The average Bonchev–Trinajstić information content (AvgIpc) is 2.71. The van der Waals surface area contributed by atoms with E-state index in [0.29, 0.717) is 16.3 Å². The number of phenols is 1. The fourth-order valence-corrected chi connectivity index (χ4v) is 3.00. The molecular weight excluding hydrogens is 390 g/mol. The van der Waals surface area contributed by atoms with E-state index < -0.39 is 5.91 Å². The van der Waals surface area contributed by atoms with Crippen LogP contribution in [0.5, 0.6) is 5.75 Å². The Bertz CT molecular complexity index is 1100.